The summed E-state index contributed by atoms with van der Waals surface area (Å²) in [5, 5.41) is 24.1. The number of aldehydes is 1. The molecule has 16 atom stereocenters. The maximum Gasteiger partial charge on any atom is 0.309 e. The van der Waals surface area contributed by atoms with Crippen molar-refractivity contribution in [3.8, 4) is 0 Å². The smallest absolute Gasteiger partial charge is 0.309 e. The lowest BCUT2D eigenvalue weighted by atomic mass is 9.82. The van der Waals surface area contributed by atoms with E-state index in [0.717, 1.165) is 5.56 Å². The van der Waals surface area contributed by atoms with E-state index < -0.39 is 137 Å². The summed E-state index contributed by atoms with van der Waals surface area (Å²) in [5.41, 5.74) is -0.619. The third-order valence-electron chi connectivity index (χ3n) is 15.0. The van der Waals surface area contributed by atoms with Crippen molar-refractivity contribution in [2.75, 3.05) is 67.6 Å². The van der Waals surface area contributed by atoms with E-state index in [2.05, 4.69) is 0 Å². The van der Waals surface area contributed by atoms with E-state index in [1.807, 2.05) is 31.0 Å². The van der Waals surface area contributed by atoms with Crippen molar-refractivity contribution >= 4 is 46.3 Å². The molecule has 0 saturated carbocycles. The van der Waals surface area contributed by atoms with Gasteiger partial charge < -0.3 is 72.2 Å². The van der Waals surface area contributed by atoms with Crippen LogP contribution in [-0.4, -0.2) is 216 Å². The topological polar surface area (TPSA) is 262 Å². The summed E-state index contributed by atoms with van der Waals surface area (Å²) in [7, 11) is 3.03. The van der Waals surface area contributed by atoms with Crippen LogP contribution < -0.4 is 0 Å². The van der Waals surface area contributed by atoms with Gasteiger partial charge in [-0.3, -0.25) is 19.2 Å². The second kappa shape index (κ2) is 30.2. The fraction of sp³-hybridized carbons (Fsp3) is 0.764. The van der Waals surface area contributed by atoms with E-state index in [9.17, 15) is 42.6 Å². The van der Waals surface area contributed by atoms with Crippen LogP contribution in [0.1, 0.15) is 112 Å². The lowest BCUT2D eigenvalue weighted by Gasteiger charge is -2.50. The highest BCUT2D eigenvalue weighted by Crippen LogP contribution is 2.39. The van der Waals surface area contributed by atoms with Gasteiger partial charge in [0.2, 0.25) is 10.0 Å². The molecule has 1 aromatic carbocycles. The fourth-order valence-corrected chi connectivity index (χ4v) is 12.3. The monoisotopic (exact) mass is 1130 g/mol. The molecule has 442 valence electrons. The lowest BCUT2D eigenvalue weighted by Crippen LogP contribution is -2.66. The van der Waals surface area contributed by atoms with Crippen molar-refractivity contribution in [2.45, 2.75) is 196 Å². The summed E-state index contributed by atoms with van der Waals surface area (Å²) in [5.74, 6) is -3.64. The number of carbonyl (C=O) groups excluding carboxylic acids is 5. The molecule has 0 aliphatic carbocycles. The number of methoxy groups -OCH3 is 1. The Morgan fingerprint density at radius 3 is 2.19 bits per heavy atom. The number of hydrogen-bond donors (Lipinski definition) is 2. The first-order chi connectivity index (χ1) is 36.9. The number of aliphatic hydroxyl groups is 2. The van der Waals surface area contributed by atoms with Gasteiger partial charge in [-0.15, -0.1) is 0 Å². The highest BCUT2D eigenvalue weighted by molar-refractivity contribution is 7.89. The highest BCUT2D eigenvalue weighted by atomic mass is 32.2. The lowest BCUT2D eigenvalue weighted by molar-refractivity contribution is -0.344. The maximum absolute atomic E-state index is 14.2. The normalized spacial score (nSPS) is 34.7. The number of ether oxygens (including phenoxy) is 10. The summed E-state index contributed by atoms with van der Waals surface area (Å²) in [6.45, 7) is 13.5. The molecule has 5 rings (SSSR count). The number of esters is 4. The van der Waals surface area contributed by atoms with Crippen molar-refractivity contribution in [3.05, 3.63) is 35.9 Å². The van der Waals surface area contributed by atoms with Gasteiger partial charge in [0, 0.05) is 65.8 Å². The molecule has 4 saturated heterocycles. The van der Waals surface area contributed by atoms with Crippen LogP contribution in [0, 0.1) is 11.8 Å². The average molecular weight is 1130 g/mol. The molecule has 5 unspecified atom stereocenters. The van der Waals surface area contributed by atoms with Crippen LogP contribution >= 0.6 is 0 Å². The van der Waals surface area contributed by atoms with Crippen LogP contribution in [0.2, 0.25) is 0 Å². The Kier molecular flexibility index (Phi) is 25.1. The van der Waals surface area contributed by atoms with Gasteiger partial charge in [-0.25, -0.2) is 8.42 Å². The SMILES string of the molecule is CCC(=O)O[C@@H]1CC(=O)O[C@@H](C/C=C/c2ccc(S(=O)(=O)N3CCOCC3)cc2)CCCN(C)C[C@H](O)[C@H](C)C[C@H](CC=O)[C@H](O[C@@H]2OC(C)[C@@H](O[C@H]3CC(C)(OC(C)=O)[C@@H](OC(=O)CC)C(C)O3)C(N(C)C)C2O)[C@H]1OC. The molecule has 4 heterocycles. The van der Waals surface area contributed by atoms with Crippen LogP contribution in [-0.2, 0) is 81.4 Å². The largest absolute Gasteiger partial charge is 0.462 e. The van der Waals surface area contributed by atoms with Crippen LogP contribution in [0.5, 0.6) is 0 Å². The Morgan fingerprint density at radius 1 is 0.910 bits per heavy atom. The summed E-state index contributed by atoms with van der Waals surface area (Å²) < 4.78 is 89.2. The van der Waals surface area contributed by atoms with Crippen LogP contribution in [0.15, 0.2) is 35.2 Å². The van der Waals surface area contributed by atoms with E-state index in [1.54, 1.807) is 77.9 Å². The zero-order valence-corrected chi connectivity index (χ0v) is 48.2. The molecule has 1 aromatic rings. The first-order valence-corrected chi connectivity index (χ1v) is 28.8. The predicted molar refractivity (Wildman–Crippen MR) is 283 cm³/mol. The minimum absolute atomic E-state index is 0.0406. The number of benzene rings is 1. The average Bonchev–Trinajstić information content (AvgIpc) is 3.45. The molecular weight excluding hydrogens is 1040 g/mol. The molecule has 4 aliphatic rings. The highest BCUT2D eigenvalue weighted by Gasteiger charge is 2.54. The predicted octanol–water partition coefficient (Wildman–Crippen LogP) is 3.65. The Bertz CT molecular complexity index is 2230. The minimum Gasteiger partial charge on any atom is -0.462 e. The van der Waals surface area contributed by atoms with Gasteiger partial charge in [-0.05, 0) is 97.3 Å². The molecule has 0 amide bonds. The molecule has 0 radical (unpaired) electrons. The number of sulfonamides is 1. The summed E-state index contributed by atoms with van der Waals surface area (Å²) in [4.78, 5) is 69.0. The second-order valence-corrected chi connectivity index (χ2v) is 23.4. The number of hydrogen-bond acceptors (Lipinski definition) is 21. The third-order valence-corrected chi connectivity index (χ3v) is 16.9. The van der Waals surface area contributed by atoms with E-state index in [1.165, 1.54) is 18.3 Å². The number of morpholine rings is 1. The molecule has 4 aliphatic heterocycles. The van der Waals surface area contributed by atoms with Crippen LogP contribution in [0.3, 0.4) is 0 Å². The van der Waals surface area contributed by atoms with E-state index in [-0.39, 0.29) is 63.1 Å². The van der Waals surface area contributed by atoms with E-state index in [0.29, 0.717) is 38.9 Å². The Morgan fingerprint density at radius 2 is 1.58 bits per heavy atom. The summed E-state index contributed by atoms with van der Waals surface area (Å²) >= 11 is 0. The molecule has 0 aromatic heterocycles. The van der Waals surface area contributed by atoms with Crippen molar-refractivity contribution in [3.63, 3.8) is 0 Å². The second-order valence-electron chi connectivity index (χ2n) is 21.5. The molecule has 0 bridgehead atoms. The number of carbonyl (C=O) groups is 5. The van der Waals surface area contributed by atoms with Gasteiger partial charge in [0.1, 0.15) is 36.8 Å². The molecule has 78 heavy (non-hydrogen) atoms. The first-order valence-electron chi connectivity index (χ1n) is 27.4. The first kappa shape index (κ1) is 64.8. The van der Waals surface area contributed by atoms with Crippen LogP contribution in [0.4, 0.5) is 0 Å². The van der Waals surface area contributed by atoms with E-state index in [4.69, 9.17) is 47.4 Å². The van der Waals surface area contributed by atoms with Gasteiger partial charge >= 0.3 is 23.9 Å². The van der Waals surface area contributed by atoms with Crippen molar-refractivity contribution in [1.29, 1.82) is 0 Å². The molecule has 0 spiro atoms. The molecule has 23 heteroatoms. The quantitative estimate of drug-likeness (QED) is 0.121. The fourth-order valence-electron chi connectivity index (χ4n) is 10.9. The number of nitrogens with zero attached hydrogens (tertiary/aromatic N) is 3. The van der Waals surface area contributed by atoms with Crippen molar-refractivity contribution < 1.29 is 90.0 Å². The number of likely N-dealkylation sites (N-methyl/N-ethyl adjacent to an activating group) is 2. The number of cyclic esters (lactones) is 1. The Labute approximate surface area is 460 Å². The number of β-amino-alcohol motifs (C(OH)–C–C–N with tert-alkyl or cyclic N) is 1. The Balaban J connectivity index is 1.43. The molecule has 2 N–H and O–H groups in total. The molecular formula is C55H87N3O19S. The summed E-state index contributed by atoms with van der Waals surface area (Å²) in [6.07, 6.45) is -7.50. The van der Waals surface area contributed by atoms with Gasteiger partial charge in [0.15, 0.2) is 24.3 Å². The van der Waals surface area contributed by atoms with Gasteiger partial charge in [-0.1, -0.05) is 45.1 Å². The van der Waals surface area contributed by atoms with Gasteiger partial charge in [0.25, 0.3) is 0 Å². The molecule has 4 fully saturated rings. The van der Waals surface area contributed by atoms with Crippen LogP contribution in [0.25, 0.3) is 6.08 Å². The van der Waals surface area contributed by atoms with Gasteiger partial charge in [0.05, 0.1) is 55.0 Å². The zero-order valence-electron chi connectivity index (χ0n) is 47.4. The Hall–Kier alpha value is -3.98. The number of aliphatic hydroxyl groups excluding tert-OH is 2. The third kappa shape index (κ3) is 17.8. The summed E-state index contributed by atoms with van der Waals surface area (Å²) in [6, 6.07) is 5.66. The van der Waals surface area contributed by atoms with Gasteiger partial charge in [-0.2, -0.15) is 4.31 Å². The zero-order chi connectivity index (χ0) is 57.5. The number of rotatable bonds is 18. The maximum atomic E-state index is 14.2. The minimum atomic E-state index is -3.69. The molecule has 22 nitrogen and oxygen atoms in total. The van der Waals surface area contributed by atoms with E-state index >= 15 is 0 Å². The standard InChI is InChI=1S/C55H87N3O19S/c1-12-44(62)73-43-31-46(64)72-40(17-14-16-38-19-21-41(22-20-38)78(66,67)58-25-28-69-29-26-58)18-15-24-57(10)33-42(61)34(3)30-39(23-27-59)51(52(43)68-11)76-54-49(65)48(56(8)9)50(35(4)71-54)75-47-32-55(7,77-37(6)60)53(36(5)70-47)74-45(63)13-2/h14,16,19-22,27,34-36,39-40,42-43,47-54,61,65H,12-13,15,17-18,23-26,28-33H2,1-11H3/b16-14+/t34-,35?,36?,39+,40+,42+,43-,47+,48?,49?,50-,51+,52+,53+,54+,55?/m1/s1. The van der Waals surface area contributed by atoms with Crippen molar-refractivity contribution in [1.82, 2.24) is 14.1 Å². The van der Waals surface area contributed by atoms with Crippen molar-refractivity contribution in [2.24, 2.45) is 11.8 Å².